The van der Waals surface area contributed by atoms with Gasteiger partial charge < -0.3 is 10.3 Å². The maximum absolute atomic E-state index is 12.3. The Balaban J connectivity index is 1.82. The molecule has 0 aliphatic heterocycles. The summed E-state index contributed by atoms with van der Waals surface area (Å²) in [6.45, 7) is 2.32. The second-order valence-electron chi connectivity index (χ2n) is 4.57. The largest absolute Gasteiger partial charge is 0.348 e. The maximum atomic E-state index is 12.3. The van der Waals surface area contributed by atoms with E-state index in [1.807, 2.05) is 31.2 Å². The highest BCUT2D eigenvalue weighted by Crippen LogP contribution is 2.16. The number of pyridine rings is 1. The number of aromatic nitrogens is 3. The fourth-order valence-corrected chi connectivity index (χ4v) is 2.12. The molecule has 0 saturated carbocycles. The van der Waals surface area contributed by atoms with E-state index in [-0.39, 0.29) is 5.91 Å². The summed E-state index contributed by atoms with van der Waals surface area (Å²) in [5.74, 6) is 0.665. The zero-order valence-electron chi connectivity index (χ0n) is 11.1. The van der Waals surface area contributed by atoms with Crippen molar-refractivity contribution in [2.45, 2.75) is 13.5 Å². The molecule has 0 spiro atoms. The molecule has 0 unspecified atom stereocenters. The lowest BCUT2D eigenvalue weighted by Crippen LogP contribution is -2.23. The zero-order chi connectivity index (χ0) is 13.9. The van der Waals surface area contributed by atoms with Crippen molar-refractivity contribution in [3.05, 3.63) is 59.7 Å². The molecule has 3 aromatic rings. The van der Waals surface area contributed by atoms with Gasteiger partial charge in [-0.15, -0.1) is 0 Å². The summed E-state index contributed by atoms with van der Waals surface area (Å²) in [6.07, 6.45) is 3.44. The molecular weight excluding hydrogens is 252 g/mol. The van der Waals surface area contributed by atoms with E-state index in [1.54, 1.807) is 18.5 Å². The van der Waals surface area contributed by atoms with Crippen molar-refractivity contribution in [2.24, 2.45) is 0 Å². The molecule has 0 saturated heterocycles. The van der Waals surface area contributed by atoms with Gasteiger partial charge in [0, 0.05) is 18.9 Å². The number of H-pyrrole nitrogens is 1. The molecule has 5 nitrogen and oxygen atoms in total. The lowest BCUT2D eigenvalue weighted by atomic mass is 10.1. The molecule has 100 valence electrons. The Hall–Kier alpha value is -2.69. The summed E-state index contributed by atoms with van der Waals surface area (Å²) in [7, 11) is 0. The van der Waals surface area contributed by atoms with Crippen molar-refractivity contribution in [1.29, 1.82) is 0 Å². The number of para-hydroxylation sites is 1. The Morgan fingerprint density at radius 2 is 2.20 bits per heavy atom. The molecule has 2 heterocycles. The minimum atomic E-state index is -0.133. The molecule has 3 rings (SSSR count). The van der Waals surface area contributed by atoms with Gasteiger partial charge in [0.15, 0.2) is 0 Å². The van der Waals surface area contributed by atoms with Gasteiger partial charge in [0.05, 0.1) is 11.1 Å². The highest BCUT2D eigenvalue weighted by molar-refractivity contribution is 6.04. The minimum Gasteiger partial charge on any atom is -0.348 e. The van der Waals surface area contributed by atoms with Gasteiger partial charge in [-0.1, -0.05) is 12.1 Å². The molecule has 2 N–H and O–H groups in total. The number of aromatic amines is 1. The van der Waals surface area contributed by atoms with Crippen LogP contribution >= 0.6 is 0 Å². The first-order chi connectivity index (χ1) is 9.74. The van der Waals surface area contributed by atoms with Crippen molar-refractivity contribution in [3.8, 4) is 0 Å². The molecule has 0 aliphatic carbocycles. The summed E-state index contributed by atoms with van der Waals surface area (Å²) in [5, 5.41) is 2.88. The lowest BCUT2D eigenvalue weighted by molar-refractivity contribution is 0.0952. The Morgan fingerprint density at radius 1 is 1.30 bits per heavy atom. The van der Waals surface area contributed by atoms with Crippen LogP contribution in [0.4, 0.5) is 0 Å². The van der Waals surface area contributed by atoms with Gasteiger partial charge in [-0.25, -0.2) is 4.98 Å². The number of carbonyl (C=O) groups excluding carboxylic acids is 1. The standard InChI is InChI=1S/C15H14N4O/c1-10-18-13-6-2-5-12(14(13)19-10)15(20)17-9-11-4-3-7-16-8-11/h2-8H,9H2,1H3,(H,17,20)(H,18,19). The van der Waals surface area contributed by atoms with Crippen LogP contribution < -0.4 is 5.32 Å². The quantitative estimate of drug-likeness (QED) is 0.763. The number of aryl methyl sites for hydroxylation is 1. The number of carbonyl (C=O) groups is 1. The number of nitrogens with zero attached hydrogens (tertiary/aromatic N) is 2. The number of nitrogens with one attached hydrogen (secondary N) is 2. The Morgan fingerprint density at radius 3 is 3.00 bits per heavy atom. The number of imidazole rings is 1. The Kier molecular flexibility index (Phi) is 3.16. The molecule has 0 atom stereocenters. The topological polar surface area (TPSA) is 70.7 Å². The molecular formula is C15H14N4O. The SMILES string of the molecule is Cc1nc2c(C(=O)NCc3cccnc3)cccc2[nH]1. The fourth-order valence-electron chi connectivity index (χ4n) is 2.12. The van der Waals surface area contributed by atoms with Gasteiger partial charge in [0.25, 0.3) is 5.91 Å². The highest BCUT2D eigenvalue weighted by atomic mass is 16.1. The van der Waals surface area contributed by atoms with Crippen molar-refractivity contribution in [2.75, 3.05) is 0 Å². The van der Waals surface area contributed by atoms with Crippen LogP contribution in [-0.2, 0) is 6.54 Å². The van der Waals surface area contributed by atoms with Crippen LogP contribution in [0.2, 0.25) is 0 Å². The molecule has 2 aromatic heterocycles. The average Bonchev–Trinajstić information content (AvgIpc) is 2.85. The summed E-state index contributed by atoms with van der Waals surface area (Å²) in [6, 6.07) is 9.30. The number of hydrogen-bond acceptors (Lipinski definition) is 3. The Labute approximate surface area is 116 Å². The van der Waals surface area contributed by atoms with E-state index in [9.17, 15) is 4.79 Å². The average molecular weight is 266 g/mol. The van der Waals surface area contributed by atoms with Crippen LogP contribution in [0, 0.1) is 6.92 Å². The van der Waals surface area contributed by atoms with Gasteiger partial charge >= 0.3 is 0 Å². The molecule has 1 amide bonds. The summed E-state index contributed by atoms with van der Waals surface area (Å²) < 4.78 is 0. The Bertz CT molecular complexity index is 749. The predicted octanol–water partition coefficient (Wildman–Crippen LogP) is 2.20. The number of hydrogen-bond donors (Lipinski definition) is 2. The second-order valence-corrected chi connectivity index (χ2v) is 4.57. The minimum absolute atomic E-state index is 0.133. The number of fused-ring (bicyclic) bond motifs is 1. The first kappa shape index (κ1) is 12.3. The van der Waals surface area contributed by atoms with Gasteiger partial charge in [0.2, 0.25) is 0 Å². The third-order valence-corrected chi connectivity index (χ3v) is 3.05. The molecule has 0 radical (unpaired) electrons. The van der Waals surface area contributed by atoms with Crippen LogP contribution in [0.25, 0.3) is 11.0 Å². The van der Waals surface area contributed by atoms with Gasteiger partial charge in [0.1, 0.15) is 11.3 Å². The van der Waals surface area contributed by atoms with Crippen LogP contribution in [0.1, 0.15) is 21.7 Å². The smallest absolute Gasteiger partial charge is 0.253 e. The fraction of sp³-hybridized carbons (Fsp3) is 0.133. The van der Waals surface area contributed by atoms with Crippen LogP contribution in [-0.4, -0.2) is 20.9 Å². The van der Waals surface area contributed by atoms with E-state index in [4.69, 9.17) is 0 Å². The molecule has 0 aliphatic rings. The van der Waals surface area contributed by atoms with Crippen molar-refractivity contribution >= 4 is 16.9 Å². The number of rotatable bonds is 3. The molecule has 5 heteroatoms. The monoisotopic (exact) mass is 266 g/mol. The molecule has 0 bridgehead atoms. The maximum Gasteiger partial charge on any atom is 0.253 e. The number of amides is 1. The van der Waals surface area contributed by atoms with Crippen LogP contribution in [0.3, 0.4) is 0 Å². The molecule has 1 aromatic carbocycles. The first-order valence-corrected chi connectivity index (χ1v) is 6.36. The van der Waals surface area contributed by atoms with E-state index in [0.29, 0.717) is 17.6 Å². The lowest BCUT2D eigenvalue weighted by Gasteiger charge is -2.05. The summed E-state index contributed by atoms with van der Waals surface area (Å²) >= 11 is 0. The predicted molar refractivity (Wildman–Crippen MR) is 76.2 cm³/mol. The van der Waals surface area contributed by atoms with E-state index in [1.165, 1.54) is 0 Å². The third-order valence-electron chi connectivity index (χ3n) is 3.05. The third kappa shape index (κ3) is 2.38. The van der Waals surface area contributed by atoms with Crippen LogP contribution in [0.5, 0.6) is 0 Å². The molecule has 20 heavy (non-hydrogen) atoms. The second kappa shape index (κ2) is 5.13. The van der Waals surface area contributed by atoms with Crippen LogP contribution in [0.15, 0.2) is 42.7 Å². The summed E-state index contributed by atoms with van der Waals surface area (Å²) in [4.78, 5) is 23.8. The van der Waals surface area contributed by atoms with E-state index < -0.39 is 0 Å². The van der Waals surface area contributed by atoms with E-state index in [2.05, 4.69) is 20.3 Å². The van der Waals surface area contributed by atoms with Crippen molar-refractivity contribution in [1.82, 2.24) is 20.3 Å². The first-order valence-electron chi connectivity index (χ1n) is 6.36. The zero-order valence-corrected chi connectivity index (χ0v) is 11.1. The summed E-state index contributed by atoms with van der Waals surface area (Å²) in [5.41, 5.74) is 3.12. The van der Waals surface area contributed by atoms with Crippen molar-refractivity contribution < 1.29 is 4.79 Å². The van der Waals surface area contributed by atoms with Crippen molar-refractivity contribution in [3.63, 3.8) is 0 Å². The van der Waals surface area contributed by atoms with Gasteiger partial charge in [-0.05, 0) is 30.7 Å². The molecule has 0 fully saturated rings. The van der Waals surface area contributed by atoms with E-state index in [0.717, 1.165) is 16.9 Å². The van der Waals surface area contributed by atoms with Gasteiger partial charge in [-0.3, -0.25) is 9.78 Å². The van der Waals surface area contributed by atoms with E-state index >= 15 is 0 Å². The number of benzene rings is 1. The van der Waals surface area contributed by atoms with Gasteiger partial charge in [-0.2, -0.15) is 0 Å². The highest BCUT2D eigenvalue weighted by Gasteiger charge is 2.12. The normalized spacial score (nSPS) is 10.7.